The predicted octanol–water partition coefficient (Wildman–Crippen LogP) is 1.94. The van der Waals surface area contributed by atoms with Gasteiger partial charge in [0.1, 0.15) is 0 Å². The van der Waals surface area contributed by atoms with Crippen LogP contribution in [0.2, 0.25) is 0 Å². The van der Waals surface area contributed by atoms with Gasteiger partial charge in [-0.05, 0) is 68.9 Å². The number of nitrogens with zero attached hydrogens (tertiary/aromatic N) is 3. The van der Waals surface area contributed by atoms with Gasteiger partial charge in [-0.3, -0.25) is 4.90 Å². The number of carboxylic acid groups (broad SMARTS) is 1. The van der Waals surface area contributed by atoms with Gasteiger partial charge in [-0.1, -0.05) is 0 Å². The lowest BCUT2D eigenvalue weighted by atomic mass is 9.64. The summed E-state index contributed by atoms with van der Waals surface area (Å²) in [6.07, 6.45) is 7.03. The molecule has 5 nitrogen and oxygen atoms in total. The first-order valence-electron chi connectivity index (χ1n) is 9.58. The fraction of sp³-hybridized carbons (Fsp3) is 0.944. The molecule has 1 amide bonds. The van der Waals surface area contributed by atoms with Gasteiger partial charge in [0.15, 0.2) is 0 Å². The Labute approximate surface area is 138 Å². The largest absolute Gasteiger partial charge is 0.465 e. The van der Waals surface area contributed by atoms with Crippen molar-refractivity contribution in [3.63, 3.8) is 0 Å². The van der Waals surface area contributed by atoms with Crippen LogP contribution in [-0.2, 0) is 0 Å². The molecule has 0 radical (unpaired) electrons. The Hall–Kier alpha value is -0.810. The van der Waals surface area contributed by atoms with E-state index in [1.807, 2.05) is 0 Å². The Morgan fingerprint density at radius 1 is 0.957 bits per heavy atom. The number of carbonyl (C=O) groups is 1. The average Bonchev–Trinajstić information content (AvgIpc) is 2.96. The highest BCUT2D eigenvalue weighted by Crippen LogP contribution is 2.51. The van der Waals surface area contributed by atoms with Gasteiger partial charge in [0.25, 0.3) is 0 Å². The molecule has 0 aromatic heterocycles. The fourth-order valence-corrected chi connectivity index (χ4v) is 5.98. The summed E-state index contributed by atoms with van der Waals surface area (Å²) in [4.78, 5) is 18.2. The first-order valence-corrected chi connectivity index (χ1v) is 9.58. The van der Waals surface area contributed by atoms with Gasteiger partial charge >= 0.3 is 6.09 Å². The smallest absolute Gasteiger partial charge is 0.407 e. The van der Waals surface area contributed by atoms with Crippen LogP contribution in [0.4, 0.5) is 4.79 Å². The van der Waals surface area contributed by atoms with Crippen LogP contribution in [-0.4, -0.2) is 77.3 Å². The van der Waals surface area contributed by atoms with E-state index in [1.165, 1.54) is 58.3 Å². The Kier molecular flexibility index (Phi) is 3.22. The summed E-state index contributed by atoms with van der Waals surface area (Å²) in [5, 5.41) is 9.15. The van der Waals surface area contributed by atoms with Crippen molar-refractivity contribution in [1.82, 2.24) is 14.7 Å². The summed E-state index contributed by atoms with van der Waals surface area (Å²) >= 11 is 0. The molecule has 1 N–H and O–H groups in total. The Bertz CT molecular complexity index is 486. The second-order valence-electron chi connectivity index (χ2n) is 8.99. The number of fused-ring (bicyclic) bond motifs is 1. The lowest BCUT2D eigenvalue weighted by Gasteiger charge is -2.52. The molecule has 2 saturated carbocycles. The van der Waals surface area contributed by atoms with Gasteiger partial charge in [-0.25, -0.2) is 4.79 Å². The van der Waals surface area contributed by atoms with Crippen molar-refractivity contribution in [2.24, 2.45) is 17.3 Å². The number of hydrogen-bond donors (Lipinski definition) is 1. The average molecular weight is 319 g/mol. The van der Waals surface area contributed by atoms with Crippen LogP contribution in [0.5, 0.6) is 0 Å². The van der Waals surface area contributed by atoms with E-state index in [1.54, 1.807) is 4.90 Å². The van der Waals surface area contributed by atoms with Crippen LogP contribution >= 0.6 is 0 Å². The van der Waals surface area contributed by atoms with E-state index in [0.29, 0.717) is 5.41 Å². The minimum absolute atomic E-state index is 0.329. The standard InChI is InChI=1S/C18H29N3O2/c22-17(23)20-6-3-18(12-20)8-16(9-18)19-4-1-15(2-5-19)21-10-13-7-14(13)11-21/h13-16H,1-12H2,(H,22,23). The molecule has 0 aromatic carbocycles. The summed E-state index contributed by atoms with van der Waals surface area (Å²) in [5.41, 5.74) is 0.329. The van der Waals surface area contributed by atoms with Gasteiger partial charge in [-0.2, -0.15) is 0 Å². The third-order valence-corrected chi connectivity index (χ3v) is 7.59. The zero-order valence-corrected chi connectivity index (χ0v) is 14.0. The van der Waals surface area contributed by atoms with Gasteiger partial charge in [-0.15, -0.1) is 0 Å². The number of piperidine rings is 2. The molecule has 0 aromatic rings. The molecule has 2 aliphatic carbocycles. The predicted molar refractivity (Wildman–Crippen MR) is 87.4 cm³/mol. The van der Waals surface area contributed by atoms with E-state index >= 15 is 0 Å². The highest BCUT2D eigenvalue weighted by atomic mass is 16.4. The van der Waals surface area contributed by atoms with Gasteiger partial charge in [0.2, 0.25) is 0 Å². The minimum Gasteiger partial charge on any atom is -0.465 e. The molecule has 23 heavy (non-hydrogen) atoms. The van der Waals surface area contributed by atoms with Crippen molar-refractivity contribution in [1.29, 1.82) is 0 Å². The second-order valence-corrected chi connectivity index (χ2v) is 8.99. The number of hydrogen-bond acceptors (Lipinski definition) is 3. The maximum absolute atomic E-state index is 11.1. The van der Waals surface area contributed by atoms with Gasteiger partial charge in [0, 0.05) is 38.3 Å². The SMILES string of the molecule is O=C(O)N1CCC2(CC(N3CCC(N4CC5CC5C4)CC3)C2)C1. The molecule has 2 atom stereocenters. The quantitative estimate of drug-likeness (QED) is 0.845. The van der Waals surface area contributed by atoms with Crippen molar-refractivity contribution in [2.75, 3.05) is 39.3 Å². The lowest BCUT2D eigenvalue weighted by molar-refractivity contribution is -0.0143. The summed E-state index contributed by atoms with van der Waals surface area (Å²) < 4.78 is 0. The van der Waals surface area contributed by atoms with E-state index in [4.69, 9.17) is 5.11 Å². The van der Waals surface area contributed by atoms with Crippen molar-refractivity contribution in [3.05, 3.63) is 0 Å². The molecular formula is C18H29N3O2. The third kappa shape index (κ3) is 2.47. The van der Waals surface area contributed by atoms with Gasteiger partial charge in [0.05, 0.1) is 0 Å². The molecule has 5 heteroatoms. The second kappa shape index (κ2) is 5.09. The highest BCUT2D eigenvalue weighted by Gasteiger charge is 2.52. The van der Waals surface area contributed by atoms with Crippen LogP contribution in [0.3, 0.4) is 0 Å². The van der Waals surface area contributed by atoms with Crippen molar-refractivity contribution >= 4 is 6.09 Å². The van der Waals surface area contributed by atoms with E-state index in [0.717, 1.165) is 43.4 Å². The summed E-state index contributed by atoms with van der Waals surface area (Å²) in [6.45, 7) is 6.83. The molecule has 3 saturated heterocycles. The molecule has 1 spiro atoms. The van der Waals surface area contributed by atoms with Crippen LogP contribution in [0.1, 0.15) is 38.5 Å². The van der Waals surface area contributed by atoms with E-state index in [2.05, 4.69) is 9.80 Å². The van der Waals surface area contributed by atoms with E-state index in [9.17, 15) is 4.79 Å². The number of likely N-dealkylation sites (tertiary alicyclic amines) is 3. The molecule has 2 unspecified atom stereocenters. The Balaban J connectivity index is 1.09. The van der Waals surface area contributed by atoms with Crippen LogP contribution < -0.4 is 0 Å². The van der Waals surface area contributed by atoms with Gasteiger partial charge < -0.3 is 14.9 Å². The van der Waals surface area contributed by atoms with Crippen LogP contribution in [0, 0.1) is 17.3 Å². The molecule has 5 fully saturated rings. The monoisotopic (exact) mass is 319 g/mol. The Morgan fingerprint density at radius 3 is 2.26 bits per heavy atom. The molecule has 3 aliphatic heterocycles. The topological polar surface area (TPSA) is 47.0 Å². The molecular weight excluding hydrogens is 290 g/mol. The summed E-state index contributed by atoms with van der Waals surface area (Å²) in [5.74, 6) is 2.11. The zero-order valence-electron chi connectivity index (χ0n) is 14.0. The number of amides is 1. The summed E-state index contributed by atoms with van der Waals surface area (Å²) in [6, 6.07) is 1.58. The minimum atomic E-state index is -0.727. The van der Waals surface area contributed by atoms with Crippen molar-refractivity contribution in [2.45, 2.75) is 50.6 Å². The Morgan fingerprint density at radius 2 is 1.65 bits per heavy atom. The summed E-state index contributed by atoms with van der Waals surface area (Å²) in [7, 11) is 0. The molecule has 3 heterocycles. The van der Waals surface area contributed by atoms with E-state index < -0.39 is 6.09 Å². The molecule has 5 aliphatic rings. The first kappa shape index (κ1) is 14.5. The van der Waals surface area contributed by atoms with Crippen LogP contribution in [0.15, 0.2) is 0 Å². The third-order valence-electron chi connectivity index (χ3n) is 7.59. The van der Waals surface area contributed by atoms with Crippen molar-refractivity contribution in [3.8, 4) is 0 Å². The molecule has 5 rings (SSSR count). The lowest BCUT2D eigenvalue weighted by Crippen LogP contribution is -2.56. The highest BCUT2D eigenvalue weighted by molar-refractivity contribution is 5.65. The maximum atomic E-state index is 11.1. The number of rotatable bonds is 2. The van der Waals surface area contributed by atoms with Crippen molar-refractivity contribution < 1.29 is 9.90 Å². The fourth-order valence-electron chi connectivity index (χ4n) is 5.98. The normalized spacial score (nSPS) is 44.5. The van der Waals surface area contributed by atoms with E-state index in [-0.39, 0.29) is 0 Å². The zero-order chi connectivity index (χ0) is 15.6. The molecule has 0 bridgehead atoms. The van der Waals surface area contributed by atoms with Crippen LogP contribution in [0.25, 0.3) is 0 Å². The first-order chi connectivity index (χ1) is 11.1. The molecule has 128 valence electrons. The maximum Gasteiger partial charge on any atom is 0.407 e.